The van der Waals surface area contributed by atoms with E-state index in [4.69, 9.17) is 0 Å². The van der Waals surface area contributed by atoms with Gasteiger partial charge < -0.3 is 9.80 Å². The molecule has 3 aromatic rings. The zero-order valence-corrected chi connectivity index (χ0v) is 16.0. The third-order valence-electron chi connectivity index (χ3n) is 5.26. The number of amides is 1. The molecule has 148 valence electrons. The lowest BCUT2D eigenvalue weighted by Crippen LogP contribution is -2.53. The smallest absolute Gasteiger partial charge is 0.246 e. The molecule has 0 aliphatic carbocycles. The maximum absolute atomic E-state index is 15.2. The first kappa shape index (κ1) is 19.0. The minimum absolute atomic E-state index is 0.0209. The van der Waals surface area contributed by atoms with Crippen molar-refractivity contribution in [2.75, 3.05) is 24.5 Å². The van der Waals surface area contributed by atoms with Crippen molar-refractivity contribution in [2.45, 2.75) is 13.0 Å². The van der Waals surface area contributed by atoms with Gasteiger partial charge in [-0.2, -0.15) is 0 Å². The number of pyridine rings is 2. The fourth-order valence-electron chi connectivity index (χ4n) is 3.80. The molecule has 1 aliphatic heterocycles. The topological polar surface area (TPSA) is 49.3 Å². The number of anilines is 1. The van der Waals surface area contributed by atoms with E-state index < -0.39 is 11.6 Å². The highest BCUT2D eigenvalue weighted by Crippen LogP contribution is 2.33. The number of aromatic nitrogens is 2. The van der Waals surface area contributed by atoms with E-state index in [0.717, 1.165) is 5.69 Å². The molecule has 2 aromatic heterocycles. The average molecular weight is 394 g/mol. The number of hydrogen-bond donors (Lipinski definition) is 0. The second kappa shape index (κ2) is 7.58. The average Bonchev–Trinajstić information content (AvgIpc) is 2.74. The molecule has 1 fully saturated rings. The second-order valence-corrected chi connectivity index (χ2v) is 7.02. The van der Waals surface area contributed by atoms with Crippen LogP contribution >= 0.6 is 0 Å². The van der Waals surface area contributed by atoms with Crippen LogP contribution in [0.15, 0.2) is 55.4 Å². The minimum Gasteiger partial charge on any atom is -0.365 e. The van der Waals surface area contributed by atoms with Crippen LogP contribution in [0, 0.1) is 11.6 Å². The minimum atomic E-state index is -0.650. The molecule has 5 nitrogen and oxygen atoms in total. The summed E-state index contributed by atoms with van der Waals surface area (Å²) in [6, 6.07) is 7.79. The molecule has 0 spiro atoms. The Kier molecular flexibility index (Phi) is 4.96. The molecule has 29 heavy (non-hydrogen) atoms. The maximum atomic E-state index is 15.2. The van der Waals surface area contributed by atoms with Gasteiger partial charge in [0.15, 0.2) is 5.82 Å². The van der Waals surface area contributed by atoms with Crippen molar-refractivity contribution in [2.24, 2.45) is 0 Å². The summed E-state index contributed by atoms with van der Waals surface area (Å²) in [5.41, 5.74) is 0.978. The van der Waals surface area contributed by atoms with Crippen LogP contribution in [-0.2, 0) is 4.79 Å². The Labute approximate surface area is 167 Å². The number of carbonyl (C=O) groups excluding carboxylic acids is 1. The first-order chi connectivity index (χ1) is 14.0. The molecular formula is C22H20F2N4O. The van der Waals surface area contributed by atoms with Crippen LogP contribution in [0.1, 0.15) is 6.92 Å². The fourth-order valence-corrected chi connectivity index (χ4v) is 3.80. The van der Waals surface area contributed by atoms with Gasteiger partial charge in [0.1, 0.15) is 17.0 Å². The summed E-state index contributed by atoms with van der Waals surface area (Å²) in [6.45, 7) is 7.22. The van der Waals surface area contributed by atoms with Crippen LogP contribution in [0.25, 0.3) is 22.2 Å². The molecule has 1 aliphatic rings. The molecular weight excluding hydrogens is 374 g/mol. The van der Waals surface area contributed by atoms with Crippen molar-refractivity contribution < 1.29 is 13.6 Å². The summed E-state index contributed by atoms with van der Waals surface area (Å²) in [5.74, 6) is -1.29. The lowest BCUT2D eigenvalue weighted by Gasteiger charge is -2.41. The summed E-state index contributed by atoms with van der Waals surface area (Å²) in [6.07, 6.45) is 4.39. The first-order valence-electron chi connectivity index (χ1n) is 9.37. The third-order valence-corrected chi connectivity index (χ3v) is 5.26. The normalized spacial score (nSPS) is 16.9. The van der Waals surface area contributed by atoms with E-state index in [9.17, 15) is 9.18 Å². The van der Waals surface area contributed by atoms with Gasteiger partial charge >= 0.3 is 0 Å². The van der Waals surface area contributed by atoms with Gasteiger partial charge in [-0.3, -0.25) is 14.8 Å². The summed E-state index contributed by atoms with van der Waals surface area (Å²) in [7, 11) is 0. The van der Waals surface area contributed by atoms with Crippen molar-refractivity contribution in [3.05, 3.63) is 67.0 Å². The predicted octanol–water partition coefficient (Wildman–Crippen LogP) is 3.80. The Hall–Kier alpha value is -3.35. The number of carbonyl (C=O) groups is 1. The van der Waals surface area contributed by atoms with Gasteiger partial charge in [-0.1, -0.05) is 18.7 Å². The van der Waals surface area contributed by atoms with Crippen LogP contribution in [0.2, 0.25) is 0 Å². The molecule has 0 unspecified atom stereocenters. The van der Waals surface area contributed by atoms with Gasteiger partial charge in [0, 0.05) is 54.7 Å². The van der Waals surface area contributed by atoms with Crippen LogP contribution in [0.3, 0.4) is 0 Å². The number of benzene rings is 1. The molecule has 1 aromatic carbocycles. The number of piperazine rings is 1. The number of halogens is 2. The Morgan fingerprint density at radius 3 is 2.72 bits per heavy atom. The molecule has 0 saturated carbocycles. The van der Waals surface area contributed by atoms with E-state index in [1.807, 2.05) is 13.0 Å². The Morgan fingerprint density at radius 2 is 2.00 bits per heavy atom. The maximum Gasteiger partial charge on any atom is 0.246 e. The van der Waals surface area contributed by atoms with Gasteiger partial charge in [0.05, 0.1) is 0 Å². The monoisotopic (exact) mass is 394 g/mol. The third kappa shape index (κ3) is 3.33. The molecule has 0 N–H and O–H groups in total. The summed E-state index contributed by atoms with van der Waals surface area (Å²) in [5, 5.41) is 0.556. The summed E-state index contributed by atoms with van der Waals surface area (Å²) >= 11 is 0. The van der Waals surface area contributed by atoms with Crippen LogP contribution in [0.4, 0.5) is 14.5 Å². The van der Waals surface area contributed by atoms with Crippen LogP contribution in [0.5, 0.6) is 0 Å². The number of nitrogens with zero attached hydrogens (tertiary/aromatic N) is 4. The standard InChI is InChI=1S/C22H20F2N4O/c1-3-19(29)27-10-11-28(14(2)13-27)18-8-9-25-22-16(18)12-26-21(20(22)24)15-6-4-5-7-17(15)23/h3-9,12,14H,1,10-11,13H2,2H3/t14-/m0/s1. The number of fused-ring (bicyclic) bond motifs is 1. The second-order valence-electron chi connectivity index (χ2n) is 7.02. The lowest BCUT2D eigenvalue weighted by molar-refractivity contribution is -0.126. The van der Waals surface area contributed by atoms with E-state index in [0.29, 0.717) is 25.0 Å². The Bertz CT molecular complexity index is 1100. The molecule has 3 heterocycles. The van der Waals surface area contributed by atoms with E-state index in [-0.39, 0.29) is 28.7 Å². The zero-order chi connectivity index (χ0) is 20.5. The van der Waals surface area contributed by atoms with Crippen molar-refractivity contribution in [1.29, 1.82) is 0 Å². The number of rotatable bonds is 3. The first-order valence-corrected chi connectivity index (χ1v) is 9.37. The molecule has 0 radical (unpaired) electrons. The Morgan fingerprint density at radius 1 is 1.21 bits per heavy atom. The predicted molar refractivity (Wildman–Crippen MR) is 108 cm³/mol. The van der Waals surface area contributed by atoms with Crippen molar-refractivity contribution in [1.82, 2.24) is 14.9 Å². The van der Waals surface area contributed by atoms with E-state index >= 15 is 4.39 Å². The van der Waals surface area contributed by atoms with Gasteiger partial charge in [-0.05, 0) is 31.2 Å². The van der Waals surface area contributed by atoms with Crippen molar-refractivity contribution in [3.63, 3.8) is 0 Å². The van der Waals surface area contributed by atoms with Gasteiger partial charge in [-0.25, -0.2) is 8.78 Å². The summed E-state index contributed by atoms with van der Waals surface area (Å²) in [4.78, 5) is 24.2. The highest BCUT2D eigenvalue weighted by molar-refractivity contribution is 5.93. The molecule has 0 bridgehead atoms. The van der Waals surface area contributed by atoms with E-state index in [1.54, 1.807) is 23.2 Å². The molecule has 1 amide bonds. The van der Waals surface area contributed by atoms with Crippen LogP contribution < -0.4 is 4.90 Å². The van der Waals surface area contributed by atoms with Crippen molar-refractivity contribution >= 4 is 22.5 Å². The van der Waals surface area contributed by atoms with Gasteiger partial charge in [0.2, 0.25) is 5.91 Å². The van der Waals surface area contributed by atoms with E-state index in [1.165, 1.54) is 24.4 Å². The highest BCUT2D eigenvalue weighted by Gasteiger charge is 2.27. The Balaban J connectivity index is 1.74. The SMILES string of the molecule is C=CC(=O)N1CCN(c2ccnc3c(F)c(-c4ccccc4F)ncc23)[C@@H](C)C1. The molecule has 4 rings (SSSR count). The van der Waals surface area contributed by atoms with Gasteiger partial charge in [0.25, 0.3) is 0 Å². The zero-order valence-electron chi connectivity index (χ0n) is 16.0. The largest absolute Gasteiger partial charge is 0.365 e. The summed E-state index contributed by atoms with van der Waals surface area (Å²) < 4.78 is 29.4. The van der Waals surface area contributed by atoms with Crippen molar-refractivity contribution in [3.8, 4) is 11.3 Å². The number of hydrogen-bond acceptors (Lipinski definition) is 4. The lowest BCUT2D eigenvalue weighted by atomic mass is 10.1. The van der Waals surface area contributed by atoms with E-state index in [2.05, 4.69) is 21.4 Å². The highest BCUT2D eigenvalue weighted by atomic mass is 19.1. The van der Waals surface area contributed by atoms with Crippen LogP contribution in [-0.4, -0.2) is 46.5 Å². The molecule has 1 saturated heterocycles. The fraction of sp³-hybridized carbons (Fsp3) is 0.227. The van der Waals surface area contributed by atoms with Gasteiger partial charge in [-0.15, -0.1) is 0 Å². The molecule has 7 heteroatoms. The quantitative estimate of drug-likeness (QED) is 0.634. The molecule has 1 atom stereocenters.